The Morgan fingerprint density at radius 3 is 2.55 bits per heavy atom. The molecule has 33 heavy (non-hydrogen) atoms. The maximum absolute atomic E-state index is 14.4. The molecule has 1 N–H and O–H groups in total. The van der Waals surface area contributed by atoms with Crippen molar-refractivity contribution in [2.24, 2.45) is 5.92 Å². The molecule has 2 aromatic rings. The van der Waals surface area contributed by atoms with Gasteiger partial charge in [-0.2, -0.15) is 4.31 Å². The maximum atomic E-state index is 14.4. The van der Waals surface area contributed by atoms with Gasteiger partial charge >= 0.3 is 0 Å². The van der Waals surface area contributed by atoms with Crippen molar-refractivity contribution in [2.75, 3.05) is 33.0 Å². The standard InChI is InChI=1S/C22H29FN2O6S2/c1-15-12-25(16(2)14-26)33(29,30)22-10-9-17(18-7-5-6-8-19(18)23)11-20(22)31-21(15)13-24(3)32(4,27)28/h5-11,15-16,21,26H,12-14H2,1-4H3/t15-,16+,21-/m1/s1. The molecule has 0 aromatic heterocycles. The number of aliphatic hydroxyl groups excluding tert-OH is 1. The van der Waals surface area contributed by atoms with E-state index in [1.54, 1.807) is 32.0 Å². The summed E-state index contributed by atoms with van der Waals surface area (Å²) in [5, 5.41) is 9.69. The molecule has 0 saturated heterocycles. The number of halogens is 1. The highest BCUT2D eigenvalue weighted by atomic mass is 32.2. The van der Waals surface area contributed by atoms with Crippen molar-refractivity contribution in [1.82, 2.24) is 8.61 Å². The van der Waals surface area contributed by atoms with E-state index in [-0.39, 0.29) is 35.9 Å². The summed E-state index contributed by atoms with van der Waals surface area (Å²) >= 11 is 0. The van der Waals surface area contributed by atoms with E-state index in [0.29, 0.717) is 5.56 Å². The molecule has 0 spiro atoms. The van der Waals surface area contributed by atoms with Crippen molar-refractivity contribution >= 4 is 20.0 Å². The van der Waals surface area contributed by atoms with Gasteiger partial charge in [0.2, 0.25) is 20.0 Å². The highest BCUT2D eigenvalue weighted by Crippen LogP contribution is 2.37. The first-order chi connectivity index (χ1) is 15.4. The van der Waals surface area contributed by atoms with E-state index in [9.17, 15) is 26.3 Å². The average molecular weight is 501 g/mol. The minimum absolute atomic E-state index is 0.00402. The minimum Gasteiger partial charge on any atom is -0.487 e. The van der Waals surface area contributed by atoms with E-state index in [2.05, 4.69) is 0 Å². The number of ether oxygens (including phenoxy) is 1. The van der Waals surface area contributed by atoms with Gasteiger partial charge in [-0.25, -0.2) is 25.5 Å². The Balaban J connectivity index is 2.17. The molecule has 0 fully saturated rings. The van der Waals surface area contributed by atoms with Crippen LogP contribution in [0.3, 0.4) is 0 Å². The summed E-state index contributed by atoms with van der Waals surface area (Å²) in [6.45, 7) is 2.99. The second kappa shape index (κ2) is 9.67. The lowest BCUT2D eigenvalue weighted by Gasteiger charge is -2.37. The highest BCUT2D eigenvalue weighted by Gasteiger charge is 2.38. The summed E-state index contributed by atoms with van der Waals surface area (Å²) in [5.41, 5.74) is 0.703. The van der Waals surface area contributed by atoms with E-state index >= 15 is 0 Å². The van der Waals surface area contributed by atoms with Gasteiger partial charge in [-0.3, -0.25) is 0 Å². The Bertz CT molecular complexity index is 1220. The fourth-order valence-electron chi connectivity index (χ4n) is 3.70. The molecule has 3 rings (SSSR count). The first kappa shape index (κ1) is 25.6. The van der Waals surface area contributed by atoms with Gasteiger partial charge < -0.3 is 9.84 Å². The van der Waals surface area contributed by atoms with E-state index in [1.807, 2.05) is 0 Å². The van der Waals surface area contributed by atoms with Crippen molar-refractivity contribution in [3.05, 3.63) is 48.3 Å². The molecule has 2 aromatic carbocycles. The number of hydrogen-bond acceptors (Lipinski definition) is 6. The Hall–Kier alpha value is -2.05. The fourth-order valence-corrected chi connectivity index (χ4v) is 5.94. The van der Waals surface area contributed by atoms with Crippen LogP contribution in [0, 0.1) is 11.7 Å². The lowest BCUT2D eigenvalue weighted by molar-refractivity contribution is 0.0906. The molecule has 1 heterocycles. The Morgan fingerprint density at radius 1 is 1.27 bits per heavy atom. The van der Waals surface area contributed by atoms with Gasteiger partial charge in [-0.1, -0.05) is 31.2 Å². The Morgan fingerprint density at radius 2 is 1.94 bits per heavy atom. The molecule has 0 amide bonds. The van der Waals surface area contributed by atoms with Gasteiger partial charge in [0.1, 0.15) is 22.6 Å². The molecule has 0 unspecified atom stereocenters. The quantitative estimate of drug-likeness (QED) is 0.652. The van der Waals surface area contributed by atoms with Gasteiger partial charge in [0.05, 0.1) is 19.4 Å². The molecule has 0 bridgehead atoms. The molecular weight excluding hydrogens is 471 g/mol. The fraction of sp³-hybridized carbons (Fsp3) is 0.455. The normalized spacial score (nSPS) is 22.2. The molecule has 0 radical (unpaired) electrons. The van der Waals surface area contributed by atoms with Crippen LogP contribution in [0.5, 0.6) is 5.75 Å². The van der Waals surface area contributed by atoms with Crippen molar-refractivity contribution in [3.63, 3.8) is 0 Å². The molecule has 8 nitrogen and oxygen atoms in total. The molecular formula is C22H29FN2O6S2. The van der Waals surface area contributed by atoms with Crippen LogP contribution in [0.1, 0.15) is 13.8 Å². The Kier molecular flexibility index (Phi) is 7.49. The maximum Gasteiger partial charge on any atom is 0.247 e. The van der Waals surface area contributed by atoms with Crippen LogP contribution in [-0.2, 0) is 20.0 Å². The topological polar surface area (TPSA) is 104 Å². The molecule has 1 aliphatic heterocycles. The van der Waals surface area contributed by atoms with Crippen molar-refractivity contribution in [3.8, 4) is 16.9 Å². The van der Waals surface area contributed by atoms with Gasteiger partial charge in [0.25, 0.3) is 0 Å². The number of hydrogen-bond donors (Lipinski definition) is 1. The summed E-state index contributed by atoms with van der Waals surface area (Å²) in [7, 11) is -6.14. The number of benzene rings is 2. The molecule has 0 saturated carbocycles. The lowest BCUT2D eigenvalue weighted by atomic mass is 10.0. The third kappa shape index (κ3) is 5.38. The number of sulfonamides is 2. The van der Waals surface area contributed by atoms with Crippen molar-refractivity contribution < 1.29 is 31.1 Å². The van der Waals surface area contributed by atoms with Crippen LogP contribution < -0.4 is 4.74 Å². The van der Waals surface area contributed by atoms with Crippen LogP contribution in [0.15, 0.2) is 47.4 Å². The van der Waals surface area contributed by atoms with Crippen LogP contribution in [0.25, 0.3) is 11.1 Å². The summed E-state index contributed by atoms with van der Waals surface area (Å²) in [6, 6.07) is 9.72. The molecule has 3 atom stereocenters. The minimum atomic E-state index is -4.05. The van der Waals surface area contributed by atoms with Crippen LogP contribution in [-0.4, -0.2) is 75.7 Å². The molecule has 1 aliphatic rings. The molecule has 182 valence electrons. The predicted molar refractivity (Wildman–Crippen MR) is 123 cm³/mol. The molecule has 0 aliphatic carbocycles. The number of fused-ring (bicyclic) bond motifs is 1. The highest BCUT2D eigenvalue weighted by molar-refractivity contribution is 7.89. The largest absolute Gasteiger partial charge is 0.487 e. The van der Waals surface area contributed by atoms with Gasteiger partial charge in [-0.15, -0.1) is 0 Å². The third-order valence-corrected chi connectivity index (χ3v) is 9.16. The lowest BCUT2D eigenvalue weighted by Crippen LogP contribution is -2.50. The summed E-state index contributed by atoms with van der Waals surface area (Å²) < 4.78 is 73.8. The van der Waals surface area contributed by atoms with Crippen LogP contribution >= 0.6 is 0 Å². The Labute approximate surface area is 194 Å². The number of aliphatic hydroxyl groups is 1. The zero-order chi connectivity index (χ0) is 24.6. The third-order valence-electron chi connectivity index (χ3n) is 5.86. The van der Waals surface area contributed by atoms with E-state index in [1.165, 1.54) is 35.6 Å². The van der Waals surface area contributed by atoms with Crippen molar-refractivity contribution in [1.29, 1.82) is 0 Å². The van der Waals surface area contributed by atoms with E-state index in [4.69, 9.17) is 4.74 Å². The van der Waals surface area contributed by atoms with Gasteiger partial charge in [-0.05, 0) is 30.7 Å². The molecule has 11 heteroatoms. The predicted octanol–water partition coefficient (Wildman–Crippen LogP) is 2.15. The summed E-state index contributed by atoms with van der Waals surface area (Å²) in [6.07, 6.45) is 0.387. The number of nitrogens with zero attached hydrogens (tertiary/aromatic N) is 2. The van der Waals surface area contributed by atoms with E-state index in [0.717, 1.165) is 10.6 Å². The second-order valence-electron chi connectivity index (χ2n) is 8.42. The van der Waals surface area contributed by atoms with Gasteiger partial charge in [0.15, 0.2) is 0 Å². The van der Waals surface area contributed by atoms with Crippen LogP contribution in [0.2, 0.25) is 0 Å². The number of rotatable bonds is 6. The second-order valence-corrected chi connectivity index (χ2v) is 12.4. The summed E-state index contributed by atoms with van der Waals surface area (Å²) in [5.74, 6) is -0.879. The smallest absolute Gasteiger partial charge is 0.247 e. The van der Waals surface area contributed by atoms with Crippen molar-refractivity contribution in [2.45, 2.75) is 30.9 Å². The van der Waals surface area contributed by atoms with Gasteiger partial charge in [0, 0.05) is 31.1 Å². The number of likely N-dealkylation sites (N-methyl/N-ethyl adjacent to an activating group) is 1. The monoisotopic (exact) mass is 500 g/mol. The zero-order valence-corrected chi connectivity index (χ0v) is 20.6. The summed E-state index contributed by atoms with van der Waals surface area (Å²) in [4.78, 5) is -0.123. The average Bonchev–Trinajstić information content (AvgIpc) is 2.75. The first-order valence-electron chi connectivity index (χ1n) is 10.5. The SMILES string of the molecule is C[C@@H]1CN([C@@H](C)CO)S(=O)(=O)c2ccc(-c3ccccc3F)cc2O[C@@H]1CN(C)S(C)(=O)=O. The first-order valence-corrected chi connectivity index (χ1v) is 13.7. The van der Waals surface area contributed by atoms with Crippen LogP contribution in [0.4, 0.5) is 4.39 Å². The zero-order valence-electron chi connectivity index (χ0n) is 19.0. The van der Waals surface area contributed by atoms with E-state index < -0.39 is 43.9 Å².